The molecule has 2 atom stereocenters. The third kappa shape index (κ3) is 3.40. The molecule has 0 saturated carbocycles. The molecule has 0 fully saturated rings. The van der Waals surface area contributed by atoms with Crippen LogP contribution in [0.4, 0.5) is 4.39 Å². The van der Waals surface area contributed by atoms with Gasteiger partial charge >= 0.3 is 0 Å². The van der Waals surface area contributed by atoms with Crippen LogP contribution in [-0.4, -0.2) is 16.8 Å². The Morgan fingerprint density at radius 2 is 1.53 bits per heavy atom. The Bertz CT molecular complexity index is 496. The number of rotatable bonds is 5. The number of hydrogen-bond acceptors (Lipinski definition) is 2. The summed E-state index contributed by atoms with van der Waals surface area (Å²) in [6, 6.07) is 15.4. The molecule has 100 valence electrons. The molecule has 0 amide bonds. The molecule has 2 aromatic rings. The van der Waals surface area contributed by atoms with Crippen LogP contribution < -0.4 is 0 Å². The monoisotopic (exact) mass is 260 g/mol. The average Bonchev–Trinajstić information content (AvgIpc) is 2.46. The summed E-state index contributed by atoms with van der Waals surface area (Å²) in [5.74, 6) is -0.522. The van der Waals surface area contributed by atoms with Gasteiger partial charge in [-0.25, -0.2) is 4.39 Å². The van der Waals surface area contributed by atoms with Crippen molar-refractivity contribution in [1.82, 2.24) is 0 Å². The van der Waals surface area contributed by atoms with Gasteiger partial charge in [0, 0.05) is 12.5 Å². The average molecular weight is 260 g/mol. The Kier molecular flexibility index (Phi) is 4.66. The lowest BCUT2D eigenvalue weighted by Gasteiger charge is -2.23. The van der Waals surface area contributed by atoms with Crippen molar-refractivity contribution in [2.24, 2.45) is 0 Å². The summed E-state index contributed by atoms with van der Waals surface area (Å²) in [5.41, 5.74) is 1.62. The van der Waals surface area contributed by atoms with Crippen LogP contribution in [0.3, 0.4) is 0 Å². The van der Waals surface area contributed by atoms with Crippen molar-refractivity contribution < 1.29 is 14.6 Å². The standard InChI is InChI=1S/C16H17FO2/c17-14-8-6-13(7-9-14)16(19)15(10-11-18)12-4-2-1-3-5-12/h1-9,15-16,18-19H,10-11H2. The highest BCUT2D eigenvalue weighted by Gasteiger charge is 2.22. The largest absolute Gasteiger partial charge is 0.396 e. The number of halogens is 1. The van der Waals surface area contributed by atoms with Crippen LogP contribution in [0, 0.1) is 5.82 Å². The number of hydrogen-bond donors (Lipinski definition) is 2. The van der Waals surface area contributed by atoms with Crippen LogP contribution in [0.2, 0.25) is 0 Å². The molecule has 0 aliphatic carbocycles. The summed E-state index contributed by atoms with van der Waals surface area (Å²) >= 11 is 0. The highest BCUT2D eigenvalue weighted by molar-refractivity contribution is 5.27. The summed E-state index contributed by atoms with van der Waals surface area (Å²) in [7, 11) is 0. The molecule has 0 radical (unpaired) electrons. The topological polar surface area (TPSA) is 40.5 Å². The first-order chi connectivity index (χ1) is 9.22. The van der Waals surface area contributed by atoms with E-state index in [9.17, 15) is 9.50 Å². The number of aliphatic hydroxyl groups is 2. The van der Waals surface area contributed by atoms with Crippen molar-refractivity contribution in [3.05, 3.63) is 71.5 Å². The quantitative estimate of drug-likeness (QED) is 0.867. The molecule has 0 aromatic heterocycles. The first kappa shape index (κ1) is 13.7. The van der Waals surface area contributed by atoms with Crippen molar-refractivity contribution in [1.29, 1.82) is 0 Å². The van der Waals surface area contributed by atoms with Crippen LogP contribution >= 0.6 is 0 Å². The molecule has 0 saturated heterocycles. The fraction of sp³-hybridized carbons (Fsp3) is 0.250. The van der Waals surface area contributed by atoms with Crippen LogP contribution in [0.5, 0.6) is 0 Å². The lowest BCUT2D eigenvalue weighted by atomic mass is 9.87. The van der Waals surface area contributed by atoms with E-state index in [0.29, 0.717) is 12.0 Å². The minimum atomic E-state index is -0.754. The smallest absolute Gasteiger partial charge is 0.123 e. The molecule has 2 N–H and O–H groups in total. The molecule has 0 aliphatic rings. The van der Waals surface area contributed by atoms with E-state index in [2.05, 4.69) is 0 Å². The molecule has 2 rings (SSSR count). The summed E-state index contributed by atoms with van der Waals surface area (Å²) in [6.07, 6.45) is -0.294. The van der Waals surface area contributed by atoms with Gasteiger partial charge in [-0.3, -0.25) is 0 Å². The maximum absolute atomic E-state index is 12.9. The molecule has 19 heavy (non-hydrogen) atoms. The van der Waals surface area contributed by atoms with Crippen molar-refractivity contribution >= 4 is 0 Å². The van der Waals surface area contributed by atoms with E-state index in [1.54, 1.807) is 12.1 Å². The minimum Gasteiger partial charge on any atom is -0.396 e. The van der Waals surface area contributed by atoms with Crippen LogP contribution in [0.15, 0.2) is 54.6 Å². The van der Waals surface area contributed by atoms with E-state index in [-0.39, 0.29) is 18.3 Å². The predicted molar refractivity (Wildman–Crippen MR) is 72.2 cm³/mol. The van der Waals surface area contributed by atoms with Gasteiger partial charge in [0.15, 0.2) is 0 Å². The Morgan fingerprint density at radius 3 is 2.11 bits per heavy atom. The van der Waals surface area contributed by atoms with Gasteiger partial charge in [0.25, 0.3) is 0 Å². The van der Waals surface area contributed by atoms with Crippen LogP contribution in [0.1, 0.15) is 29.6 Å². The second-order valence-electron chi connectivity index (χ2n) is 4.53. The van der Waals surface area contributed by atoms with Gasteiger partial charge in [-0.1, -0.05) is 42.5 Å². The summed E-state index contributed by atoms with van der Waals surface area (Å²) in [6.45, 7) is -0.00217. The third-order valence-electron chi connectivity index (χ3n) is 3.26. The summed E-state index contributed by atoms with van der Waals surface area (Å²) in [4.78, 5) is 0. The molecule has 0 heterocycles. The molecule has 0 aliphatic heterocycles. The zero-order valence-electron chi connectivity index (χ0n) is 10.5. The maximum Gasteiger partial charge on any atom is 0.123 e. The van der Waals surface area contributed by atoms with E-state index in [0.717, 1.165) is 5.56 Å². The molecule has 2 nitrogen and oxygen atoms in total. The van der Waals surface area contributed by atoms with E-state index in [1.807, 2.05) is 30.3 Å². The lowest BCUT2D eigenvalue weighted by molar-refractivity contribution is 0.127. The van der Waals surface area contributed by atoms with Gasteiger partial charge in [0.2, 0.25) is 0 Å². The molecule has 0 spiro atoms. The van der Waals surface area contributed by atoms with Gasteiger partial charge in [-0.15, -0.1) is 0 Å². The van der Waals surface area contributed by atoms with E-state index < -0.39 is 6.10 Å². The van der Waals surface area contributed by atoms with Gasteiger partial charge in [0.05, 0.1) is 6.10 Å². The Hall–Kier alpha value is -1.71. The first-order valence-electron chi connectivity index (χ1n) is 6.31. The fourth-order valence-electron chi connectivity index (χ4n) is 2.24. The minimum absolute atomic E-state index is 0.00217. The van der Waals surface area contributed by atoms with Gasteiger partial charge < -0.3 is 10.2 Å². The zero-order chi connectivity index (χ0) is 13.7. The lowest BCUT2D eigenvalue weighted by Crippen LogP contribution is -2.12. The van der Waals surface area contributed by atoms with Crippen molar-refractivity contribution in [3.63, 3.8) is 0 Å². The zero-order valence-corrected chi connectivity index (χ0v) is 10.5. The van der Waals surface area contributed by atoms with Crippen LogP contribution in [0.25, 0.3) is 0 Å². The first-order valence-corrected chi connectivity index (χ1v) is 6.31. The second-order valence-corrected chi connectivity index (χ2v) is 4.53. The van der Waals surface area contributed by atoms with E-state index in [4.69, 9.17) is 5.11 Å². The number of aliphatic hydroxyl groups excluding tert-OH is 2. The molecule has 3 heteroatoms. The summed E-state index contributed by atoms with van der Waals surface area (Å²) < 4.78 is 12.9. The predicted octanol–water partition coefficient (Wildman–Crippen LogP) is 3.03. The van der Waals surface area contributed by atoms with Crippen molar-refractivity contribution in [2.45, 2.75) is 18.4 Å². The Balaban J connectivity index is 2.26. The van der Waals surface area contributed by atoms with Gasteiger partial charge in [-0.2, -0.15) is 0 Å². The molecular weight excluding hydrogens is 243 g/mol. The Morgan fingerprint density at radius 1 is 0.895 bits per heavy atom. The van der Waals surface area contributed by atoms with Crippen molar-refractivity contribution in [3.8, 4) is 0 Å². The maximum atomic E-state index is 12.9. The van der Waals surface area contributed by atoms with Crippen molar-refractivity contribution in [2.75, 3.05) is 6.61 Å². The highest BCUT2D eigenvalue weighted by Crippen LogP contribution is 2.33. The molecular formula is C16H17FO2. The SMILES string of the molecule is OCCC(c1ccccc1)C(O)c1ccc(F)cc1. The Labute approximate surface area is 112 Å². The van der Waals surface area contributed by atoms with Gasteiger partial charge in [0.1, 0.15) is 5.82 Å². The normalized spacial score (nSPS) is 14.1. The van der Waals surface area contributed by atoms with E-state index >= 15 is 0 Å². The molecule has 2 aromatic carbocycles. The third-order valence-corrected chi connectivity index (χ3v) is 3.26. The molecule has 0 bridgehead atoms. The van der Waals surface area contributed by atoms with E-state index in [1.165, 1.54) is 12.1 Å². The highest BCUT2D eigenvalue weighted by atomic mass is 19.1. The number of benzene rings is 2. The van der Waals surface area contributed by atoms with Crippen LogP contribution in [-0.2, 0) is 0 Å². The molecule has 2 unspecified atom stereocenters. The fourth-order valence-corrected chi connectivity index (χ4v) is 2.24. The van der Waals surface area contributed by atoms with Gasteiger partial charge in [-0.05, 0) is 29.7 Å². The summed E-state index contributed by atoms with van der Waals surface area (Å²) in [5, 5.41) is 19.6. The second kappa shape index (κ2) is 6.45.